The van der Waals surface area contributed by atoms with Gasteiger partial charge in [0.2, 0.25) is 0 Å². The Kier molecular flexibility index (Phi) is 5.55. The third kappa shape index (κ3) is 3.71. The molecule has 0 radical (unpaired) electrons. The molecule has 2 heterocycles. The maximum Gasteiger partial charge on any atom is 0.324 e. The van der Waals surface area contributed by atoms with Crippen molar-refractivity contribution >= 4 is 43.8 Å². The van der Waals surface area contributed by atoms with Crippen molar-refractivity contribution in [3.05, 3.63) is 55.9 Å². The number of carbonyl (C=O) groups excluding carboxylic acids is 1. The van der Waals surface area contributed by atoms with Gasteiger partial charge < -0.3 is 9.30 Å². The Labute approximate surface area is 155 Å². The zero-order valence-corrected chi connectivity index (χ0v) is 15.3. The summed E-state index contributed by atoms with van der Waals surface area (Å²) in [6.07, 6.45) is 0. The topological polar surface area (TPSA) is 86.7 Å². The van der Waals surface area contributed by atoms with Crippen LogP contribution in [0.1, 0.15) is 16.6 Å². The fraction of sp³-hybridized carbons (Fsp3) is 0.250. The molecule has 136 valence electrons. The number of nitro groups is 1. The number of aromatic nitrogens is 1. The predicted octanol–water partition coefficient (Wildman–Crippen LogP) is 3.59. The van der Waals surface area contributed by atoms with Gasteiger partial charge in [-0.1, -0.05) is 28.7 Å². The lowest BCUT2D eigenvalue weighted by Crippen LogP contribution is -2.20. The van der Waals surface area contributed by atoms with E-state index in [0.29, 0.717) is 34.8 Å². The van der Waals surface area contributed by atoms with Gasteiger partial charge in [-0.3, -0.25) is 14.9 Å². The van der Waals surface area contributed by atoms with E-state index in [-0.39, 0.29) is 9.88 Å². The highest BCUT2D eigenvalue weighted by molar-refractivity contribution is 7.17. The molecule has 0 fully saturated rings. The molecule has 0 saturated heterocycles. The summed E-state index contributed by atoms with van der Waals surface area (Å²) in [7, 11) is 0. The molecule has 10 heteroatoms. The zero-order chi connectivity index (χ0) is 18.7. The maximum atomic E-state index is 14.3. The van der Waals surface area contributed by atoms with Crippen molar-refractivity contribution in [1.82, 2.24) is 4.57 Å². The highest BCUT2D eigenvalue weighted by Crippen LogP contribution is 2.25. The molecule has 0 aliphatic rings. The first-order chi connectivity index (χ1) is 12.5. The number of para-hydroxylation sites is 1. The summed E-state index contributed by atoms with van der Waals surface area (Å²) in [4.78, 5) is 27.1. The van der Waals surface area contributed by atoms with E-state index >= 15 is 0 Å². The smallest absolute Gasteiger partial charge is 0.324 e. The van der Waals surface area contributed by atoms with Gasteiger partial charge in [-0.05, 0) is 25.1 Å². The minimum Gasteiger partial charge on any atom is -0.380 e. The number of thiazole rings is 1. The number of halogens is 1. The molecule has 7 nitrogen and oxygen atoms in total. The Morgan fingerprint density at radius 2 is 2.15 bits per heavy atom. The summed E-state index contributed by atoms with van der Waals surface area (Å²) in [5.41, 5.74) is 0.362. The molecule has 1 amide bonds. The summed E-state index contributed by atoms with van der Waals surface area (Å²) >= 11 is 1.94. The average molecular weight is 395 g/mol. The molecule has 2 aromatic heterocycles. The van der Waals surface area contributed by atoms with Crippen molar-refractivity contribution in [3.8, 4) is 0 Å². The molecule has 0 bridgehead atoms. The molecule has 0 atom stereocenters. The lowest BCUT2D eigenvalue weighted by molar-refractivity contribution is -0.380. The summed E-state index contributed by atoms with van der Waals surface area (Å²) in [5, 5.41) is 10.6. The molecule has 0 aliphatic carbocycles. The Balaban J connectivity index is 2.05. The van der Waals surface area contributed by atoms with Crippen LogP contribution in [0.15, 0.2) is 35.3 Å². The third-order valence-electron chi connectivity index (χ3n) is 3.49. The van der Waals surface area contributed by atoms with Crippen molar-refractivity contribution in [2.75, 3.05) is 13.2 Å². The number of hydrogen-bond acceptors (Lipinski definition) is 6. The lowest BCUT2D eigenvalue weighted by Gasteiger charge is -2.05. The first-order valence-corrected chi connectivity index (χ1v) is 9.33. The number of ether oxygens (including phenoxy) is 1. The maximum absolute atomic E-state index is 14.3. The van der Waals surface area contributed by atoms with Crippen LogP contribution in [0.4, 0.5) is 9.39 Å². The number of amides is 1. The summed E-state index contributed by atoms with van der Waals surface area (Å²) in [5.74, 6) is -1.00. The monoisotopic (exact) mass is 395 g/mol. The largest absolute Gasteiger partial charge is 0.380 e. The zero-order valence-electron chi connectivity index (χ0n) is 13.7. The van der Waals surface area contributed by atoms with Crippen LogP contribution in [-0.4, -0.2) is 28.6 Å². The standard InChI is InChI=1S/C16H14FN3O4S2/c1-2-24-9-8-19-14-10(17)4-3-5-11(14)26-16(19)18-15(21)12-6-7-13(25-12)20(22)23/h3-7H,2,8-9H2,1H3. The molecular formula is C16H14FN3O4S2. The van der Waals surface area contributed by atoms with E-state index in [0.717, 1.165) is 11.3 Å². The second-order valence-corrected chi connectivity index (χ2v) is 7.20. The molecule has 3 rings (SSSR count). The minimum atomic E-state index is -0.597. The van der Waals surface area contributed by atoms with Gasteiger partial charge in [0.15, 0.2) is 4.80 Å². The highest BCUT2D eigenvalue weighted by atomic mass is 32.1. The Hall–Kier alpha value is -2.43. The van der Waals surface area contributed by atoms with E-state index in [1.807, 2.05) is 6.92 Å². The first kappa shape index (κ1) is 18.4. The van der Waals surface area contributed by atoms with E-state index in [9.17, 15) is 19.3 Å². The highest BCUT2D eigenvalue weighted by Gasteiger charge is 2.16. The molecule has 0 saturated carbocycles. The molecule has 26 heavy (non-hydrogen) atoms. The quantitative estimate of drug-likeness (QED) is 0.363. The van der Waals surface area contributed by atoms with Gasteiger partial charge in [0.1, 0.15) is 10.7 Å². The van der Waals surface area contributed by atoms with E-state index in [1.165, 1.54) is 29.5 Å². The van der Waals surface area contributed by atoms with Crippen LogP contribution in [-0.2, 0) is 11.3 Å². The van der Waals surface area contributed by atoms with Gasteiger partial charge in [-0.25, -0.2) is 4.39 Å². The van der Waals surface area contributed by atoms with Crippen LogP contribution < -0.4 is 4.80 Å². The second kappa shape index (κ2) is 7.85. The van der Waals surface area contributed by atoms with E-state index in [2.05, 4.69) is 4.99 Å². The molecular weight excluding hydrogens is 381 g/mol. The second-order valence-electron chi connectivity index (χ2n) is 5.13. The number of thiophene rings is 1. The Morgan fingerprint density at radius 3 is 2.85 bits per heavy atom. The molecule has 1 aromatic carbocycles. The van der Waals surface area contributed by atoms with Crippen LogP contribution in [0.5, 0.6) is 0 Å². The summed E-state index contributed by atoms with van der Waals surface area (Å²) in [6.45, 7) is 3.07. The number of rotatable bonds is 6. The van der Waals surface area contributed by atoms with E-state index in [1.54, 1.807) is 16.7 Å². The summed E-state index contributed by atoms with van der Waals surface area (Å²) in [6, 6.07) is 7.32. The lowest BCUT2D eigenvalue weighted by atomic mass is 10.3. The van der Waals surface area contributed by atoms with Crippen molar-refractivity contribution < 1.29 is 18.8 Å². The summed E-state index contributed by atoms with van der Waals surface area (Å²) < 4.78 is 21.9. The number of hydrogen-bond donors (Lipinski definition) is 0. The van der Waals surface area contributed by atoms with Crippen molar-refractivity contribution in [2.24, 2.45) is 4.99 Å². The number of nitrogens with zero attached hydrogens (tertiary/aromatic N) is 3. The van der Waals surface area contributed by atoms with E-state index < -0.39 is 16.6 Å². The fourth-order valence-electron chi connectivity index (χ4n) is 2.36. The van der Waals surface area contributed by atoms with Gasteiger partial charge in [-0.2, -0.15) is 4.99 Å². The number of benzene rings is 1. The van der Waals surface area contributed by atoms with E-state index in [4.69, 9.17) is 4.74 Å². The van der Waals surface area contributed by atoms with Gasteiger partial charge >= 0.3 is 5.00 Å². The third-order valence-corrected chi connectivity index (χ3v) is 5.56. The number of carbonyl (C=O) groups is 1. The normalized spacial score (nSPS) is 12.0. The van der Waals surface area contributed by atoms with Gasteiger partial charge in [0.05, 0.1) is 21.7 Å². The van der Waals surface area contributed by atoms with Gasteiger partial charge in [0, 0.05) is 19.2 Å². The fourth-order valence-corrected chi connectivity index (χ4v) is 4.14. The van der Waals surface area contributed by atoms with Crippen molar-refractivity contribution in [2.45, 2.75) is 13.5 Å². The van der Waals surface area contributed by atoms with Crippen molar-refractivity contribution in [1.29, 1.82) is 0 Å². The molecule has 0 aliphatic heterocycles. The van der Waals surface area contributed by atoms with Crippen molar-refractivity contribution in [3.63, 3.8) is 0 Å². The SMILES string of the molecule is CCOCCn1c(=NC(=O)c2ccc([N+](=O)[O-])s2)sc2cccc(F)c21. The molecule has 3 aromatic rings. The molecule has 0 N–H and O–H groups in total. The predicted molar refractivity (Wildman–Crippen MR) is 97.1 cm³/mol. The van der Waals surface area contributed by atoms with Crippen LogP contribution in [0, 0.1) is 15.9 Å². The Bertz CT molecular complexity index is 1040. The Morgan fingerprint density at radius 1 is 1.35 bits per heavy atom. The minimum absolute atomic E-state index is 0.129. The molecule has 0 unspecified atom stereocenters. The van der Waals surface area contributed by atoms with Crippen LogP contribution in [0.3, 0.4) is 0 Å². The van der Waals surface area contributed by atoms with Gasteiger partial charge in [-0.15, -0.1) is 0 Å². The van der Waals surface area contributed by atoms with Gasteiger partial charge in [0.25, 0.3) is 5.91 Å². The first-order valence-electron chi connectivity index (χ1n) is 7.70. The van der Waals surface area contributed by atoms with Crippen LogP contribution in [0.2, 0.25) is 0 Å². The molecule has 0 spiro atoms. The van der Waals surface area contributed by atoms with Crippen LogP contribution in [0.25, 0.3) is 10.2 Å². The average Bonchev–Trinajstić information content (AvgIpc) is 3.21. The van der Waals surface area contributed by atoms with Crippen LogP contribution >= 0.6 is 22.7 Å². The number of fused-ring (bicyclic) bond motifs is 1.